The van der Waals surface area contributed by atoms with Gasteiger partial charge in [0.25, 0.3) is 5.91 Å². The number of H-pyrrole nitrogens is 1. The Morgan fingerprint density at radius 3 is 2.67 bits per heavy atom. The number of aromatic nitrogens is 1. The van der Waals surface area contributed by atoms with Crippen LogP contribution in [0.25, 0.3) is 11.1 Å². The zero-order chi connectivity index (χ0) is 17.1. The Balaban J connectivity index is 1.82. The number of hydrogen-bond donors (Lipinski definition) is 3. The van der Waals surface area contributed by atoms with Crippen LogP contribution in [-0.2, 0) is 15.0 Å². The largest absolute Gasteiger partial charge is 0.506 e. The molecule has 4 rings (SSSR count). The van der Waals surface area contributed by atoms with Crippen LogP contribution < -0.4 is 9.03 Å². The lowest BCUT2D eigenvalue weighted by atomic mass is 10.1. The van der Waals surface area contributed by atoms with Crippen molar-refractivity contribution in [3.63, 3.8) is 0 Å². The van der Waals surface area contributed by atoms with Crippen molar-refractivity contribution in [2.24, 2.45) is 0 Å². The highest BCUT2D eigenvalue weighted by atomic mass is 32.2. The average molecular weight is 351 g/mol. The maximum Gasteiger partial charge on any atom is 0.326 e. The number of phenolic OH excluding ortho intramolecular Hbond substituents is 1. The summed E-state index contributed by atoms with van der Waals surface area (Å²) < 4.78 is 41.1. The molecule has 1 saturated carbocycles. The molecule has 7 nitrogen and oxygen atoms in total. The van der Waals surface area contributed by atoms with E-state index in [4.69, 9.17) is 0 Å². The summed E-state index contributed by atoms with van der Waals surface area (Å²) in [6.07, 6.45) is 3.82. The van der Waals surface area contributed by atoms with Crippen LogP contribution in [0.2, 0.25) is 0 Å². The SMILES string of the molecule is O=C1CN(c2c(O)ccc(-c3c[nH]c(C4CC4)c3)c2F)S(=O)(=O)N1. The molecular formula is C15H14FN3O4S. The summed E-state index contributed by atoms with van der Waals surface area (Å²) in [6.45, 7) is -0.573. The van der Waals surface area contributed by atoms with Gasteiger partial charge in [-0.15, -0.1) is 0 Å². The predicted molar refractivity (Wildman–Crippen MR) is 84.2 cm³/mol. The molecule has 3 N–H and O–H groups in total. The first-order valence-electron chi connectivity index (χ1n) is 7.40. The summed E-state index contributed by atoms with van der Waals surface area (Å²) in [5.41, 5.74) is 1.19. The minimum atomic E-state index is -4.21. The van der Waals surface area contributed by atoms with Crippen LogP contribution in [0.3, 0.4) is 0 Å². The Kier molecular flexibility index (Phi) is 3.11. The van der Waals surface area contributed by atoms with Crippen molar-refractivity contribution in [2.75, 3.05) is 10.8 Å². The molecule has 9 heteroatoms. The Bertz CT molecular complexity index is 950. The predicted octanol–water partition coefficient (Wildman–Crippen LogP) is 1.58. The molecule has 1 aliphatic carbocycles. The van der Waals surface area contributed by atoms with E-state index in [0.29, 0.717) is 15.8 Å². The molecule has 0 radical (unpaired) electrons. The first-order chi connectivity index (χ1) is 11.4. The van der Waals surface area contributed by atoms with Gasteiger partial charge in [-0.25, -0.2) is 13.4 Å². The Morgan fingerprint density at radius 2 is 2.04 bits per heavy atom. The van der Waals surface area contributed by atoms with Crippen molar-refractivity contribution < 1.29 is 22.7 Å². The number of phenols is 1. The first-order valence-corrected chi connectivity index (χ1v) is 8.84. The van der Waals surface area contributed by atoms with E-state index in [0.717, 1.165) is 18.5 Å². The number of rotatable bonds is 3. The van der Waals surface area contributed by atoms with Crippen LogP contribution in [-0.4, -0.2) is 31.0 Å². The molecule has 0 atom stereocenters. The van der Waals surface area contributed by atoms with Gasteiger partial charge in [0.1, 0.15) is 18.0 Å². The van der Waals surface area contributed by atoms with E-state index >= 15 is 0 Å². The molecule has 1 saturated heterocycles. The molecule has 2 heterocycles. The molecule has 1 aromatic carbocycles. The molecule has 126 valence electrons. The molecule has 2 fully saturated rings. The normalized spacial score (nSPS) is 19.5. The Morgan fingerprint density at radius 1 is 1.29 bits per heavy atom. The van der Waals surface area contributed by atoms with E-state index < -0.39 is 39.9 Å². The number of hydrogen-bond acceptors (Lipinski definition) is 4. The average Bonchev–Trinajstić information content (AvgIpc) is 3.17. The molecule has 1 aliphatic heterocycles. The number of benzene rings is 1. The number of aromatic hydroxyl groups is 1. The summed E-state index contributed by atoms with van der Waals surface area (Å²) in [7, 11) is -4.21. The highest BCUT2D eigenvalue weighted by molar-refractivity contribution is 7.92. The summed E-state index contributed by atoms with van der Waals surface area (Å²) >= 11 is 0. The molecule has 0 spiro atoms. The van der Waals surface area contributed by atoms with Crippen LogP contribution in [0.4, 0.5) is 10.1 Å². The third kappa shape index (κ3) is 2.32. The summed E-state index contributed by atoms with van der Waals surface area (Å²) in [4.78, 5) is 14.5. The minimum Gasteiger partial charge on any atom is -0.506 e. The lowest BCUT2D eigenvalue weighted by Gasteiger charge is -2.18. The van der Waals surface area contributed by atoms with Crippen LogP contribution in [0, 0.1) is 5.82 Å². The zero-order valence-corrected chi connectivity index (χ0v) is 13.2. The zero-order valence-electron chi connectivity index (χ0n) is 12.4. The highest BCUT2D eigenvalue weighted by Crippen LogP contribution is 2.42. The fraction of sp³-hybridized carbons (Fsp3) is 0.267. The number of anilines is 1. The number of amides is 1. The number of nitrogens with zero attached hydrogens (tertiary/aromatic N) is 1. The molecule has 0 unspecified atom stereocenters. The fourth-order valence-corrected chi connectivity index (χ4v) is 4.02. The minimum absolute atomic E-state index is 0.153. The van der Waals surface area contributed by atoms with E-state index in [9.17, 15) is 22.7 Å². The monoisotopic (exact) mass is 351 g/mol. The molecule has 24 heavy (non-hydrogen) atoms. The number of halogens is 1. The number of aromatic amines is 1. The second-order valence-corrected chi connectivity index (χ2v) is 7.54. The maximum atomic E-state index is 14.9. The van der Waals surface area contributed by atoms with Crippen LogP contribution in [0.1, 0.15) is 24.5 Å². The van der Waals surface area contributed by atoms with Gasteiger partial charge in [0.15, 0.2) is 5.82 Å². The Labute approximate surface area is 137 Å². The summed E-state index contributed by atoms with van der Waals surface area (Å²) in [6, 6.07) is 4.42. The van der Waals surface area contributed by atoms with Crippen LogP contribution in [0.5, 0.6) is 5.75 Å². The first kappa shape index (κ1) is 15.0. The van der Waals surface area contributed by atoms with Crippen molar-refractivity contribution in [3.05, 3.63) is 35.9 Å². The van der Waals surface area contributed by atoms with Gasteiger partial charge < -0.3 is 10.1 Å². The van der Waals surface area contributed by atoms with E-state index in [2.05, 4.69) is 4.98 Å². The van der Waals surface area contributed by atoms with Crippen molar-refractivity contribution in [3.8, 4) is 16.9 Å². The lowest BCUT2D eigenvalue weighted by Crippen LogP contribution is -2.30. The van der Waals surface area contributed by atoms with Gasteiger partial charge in [-0.1, -0.05) is 0 Å². The Hall–Kier alpha value is -2.55. The second-order valence-electron chi connectivity index (χ2n) is 5.95. The third-order valence-corrected chi connectivity index (χ3v) is 5.58. The number of carbonyl (C=O) groups is 1. The van der Waals surface area contributed by atoms with Crippen molar-refractivity contribution in [2.45, 2.75) is 18.8 Å². The van der Waals surface area contributed by atoms with Crippen LogP contribution >= 0.6 is 0 Å². The van der Waals surface area contributed by atoms with Gasteiger partial charge in [-0.05, 0) is 37.0 Å². The molecule has 2 aromatic rings. The van der Waals surface area contributed by atoms with E-state index in [1.165, 1.54) is 12.1 Å². The van der Waals surface area contributed by atoms with Crippen molar-refractivity contribution in [1.82, 2.24) is 9.71 Å². The number of nitrogens with one attached hydrogen (secondary N) is 2. The smallest absolute Gasteiger partial charge is 0.326 e. The van der Waals surface area contributed by atoms with Crippen LogP contribution in [0.15, 0.2) is 24.4 Å². The van der Waals surface area contributed by atoms with Gasteiger partial charge in [0.2, 0.25) is 0 Å². The van der Waals surface area contributed by atoms with Crippen molar-refractivity contribution >= 4 is 21.8 Å². The van der Waals surface area contributed by atoms with E-state index in [1.54, 1.807) is 10.9 Å². The quantitative estimate of drug-likeness (QED) is 0.781. The molecular weight excluding hydrogens is 337 g/mol. The molecule has 1 aromatic heterocycles. The maximum absolute atomic E-state index is 14.9. The number of carbonyl (C=O) groups excluding carboxylic acids is 1. The summed E-state index contributed by atoms with van der Waals surface area (Å²) in [5, 5.41) is 9.95. The van der Waals surface area contributed by atoms with E-state index in [-0.39, 0.29) is 5.56 Å². The van der Waals surface area contributed by atoms with Crippen molar-refractivity contribution in [1.29, 1.82) is 0 Å². The second kappa shape index (κ2) is 4.97. The lowest BCUT2D eigenvalue weighted by molar-refractivity contribution is -0.117. The summed E-state index contributed by atoms with van der Waals surface area (Å²) in [5.74, 6) is -1.76. The molecule has 0 bridgehead atoms. The molecule has 1 amide bonds. The molecule has 2 aliphatic rings. The topological polar surface area (TPSA) is 102 Å². The van der Waals surface area contributed by atoms with Gasteiger partial charge >= 0.3 is 10.2 Å². The van der Waals surface area contributed by atoms with Gasteiger partial charge in [-0.3, -0.25) is 4.79 Å². The highest BCUT2D eigenvalue weighted by Gasteiger charge is 2.38. The third-order valence-electron chi connectivity index (χ3n) is 4.20. The standard InChI is InChI=1S/C15H14FN3O4S/c16-14-10(9-5-11(17-6-9)8-1-2-8)3-4-12(20)15(14)19-7-13(21)18-24(19,22)23/h3-6,8,17,20H,1-2,7H2,(H,18,21). The van der Waals surface area contributed by atoms with Gasteiger partial charge in [-0.2, -0.15) is 8.42 Å². The van der Waals surface area contributed by atoms with E-state index in [1.807, 2.05) is 6.07 Å². The van der Waals surface area contributed by atoms with Gasteiger partial charge in [0.05, 0.1) is 0 Å². The fourth-order valence-electron chi connectivity index (χ4n) is 2.86. The van der Waals surface area contributed by atoms with Gasteiger partial charge in [0, 0.05) is 23.0 Å².